The van der Waals surface area contributed by atoms with E-state index in [9.17, 15) is 0 Å². The van der Waals surface area contributed by atoms with E-state index in [1.54, 1.807) is 6.33 Å². The first-order valence-electron chi connectivity index (χ1n) is 6.89. The zero-order valence-electron chi connectivity index (χ0n) is 11.5. The quantitative estimate of drug-likeness (QED) is 0.769. The minimum absolute atomic E-state index is 0.412. The van der Waals surface area contributed by atoms with Gasteiger partial charge in [0.2, 0.25) is 5.95 Å². The van der Waals surface area contributed by atoms with Crippen LogP contribution in [0.3, 0.4) is 0 Å². The predicted molar refractivity (Wildman–Crippen MR) is 76.3 cm³/mol. The first kappa shape index (κ1) is 12.2. The van der Waals surface area contributed by atoms with Crippen LogP contribution in [0.4, 0.5) is 11.8 Å². The second-order valence-corrected chi connectivity index (χ2v) is 5.55. The second-order valence-electron chi connectivity index (χ2n) is 5.55. The van der Waals surface area contributed by atoms with Gasteiger partial charge in [-0.1, -0.05) is 13.3 Å². The molecule has 1 aliphatic carbocycles. The molecule has 0 spiro atoms. The summed E-state index contributed by atoms with van der Waals surface area (Å²) in [5.41, 5.74) is 1.99. The Balaban J connectivity index is 1.85. The molecule has 0 saturated heterocycles. The van der Waals surface area contributed by atoms with E-state index in [1.807, 2.05) is 6.92 Å². The van der Waals surface area contributed by atoms with Crippen molar-refractivity contribution in [1.82, 2.24) is 19.9 Å². The smallest absolute Gasteiger partial charge is 0.226 e. The molecule has 0 amide bonds. The van der Waals surface area contributed by atoms with E-state index in [-0.39, 0.29) is 0 Å². The highest BCUT2D eigenvalue weighted by atomic mass is 15.2. The van der Waals surface area contributed by atoms with Crippen molar-refractivity contribution in [3.63, 3.8) is 0 Å². The molecular formula is C13H20N6. The standard InChI is InChI=1S/C13H20N6/c1-3-14-12-18-10(9-11(19-12)17-8-16-9)15-7-13(2)5-4-6-13/h8H,3-7H2,1-2H3,(H3,14,15,16,17,18,19). The SMILES string of the molecule is CCNc1nc(NCC2(C)CCC2)c2[nH]cnc2n1. The molecule has 1 fully saturated rings. The molecule has 2 aromatic heterocycles. The Morgan fingerprint density at radius 1 is 1.32 bits per heavy atom. The summed E-state index contributed by atoms with van der Waals surface area (Å²) in [6.45, 7) is 6.09. The van der Waals surface area contributed by atoms with E-state index in [4.69, 9.17) is 0 Å². The molecule has 0 bridgehead atoms. The molecule has 0 unspecified atom stereocenters. The molecule has 0 aliphatic heterocycles. The van der Waals surface area contributed by atoms with Crippen LogP contribution in [0.1, 0.15) is 33.1 Å². The van der Waals surface area contributed by atoms with Crippen molar-refractivity contribution in [1.29, 1.82) is 0 Å². The number of nitrogens with zero attached hydrogens (tertiary/aromatic N) is 3. The van der Waals surface area contributed by atoms with Crippen LogP contribution in [-0.2, 0) is 0 Å². The number of H-pyrrole nitrogens is 1. The van der Waals surface area contributed by atoms with Gasteiger partial charge in [0.25, 0.3) is 0 Å². The van der Waals surface area contributed by atoms with Crippen molar-refractivity contribution in [3.05, 3.63) is 6.33 Å². The van der Waals surface area contributed by atoms with Gasteiger partial charge >= 0.3 is 0 Å². The number of aromatic amines is 1. The molecule has 3 rings (SSSR count). The maximum absolute atomic E-state index is 4.52. The van der Waals surface area contributed by atoms with Gasteiger partial charge in [-0.05, 0) is 25.2 Å². The number of fused-ring (bicyclic) bond motifs is 1. The zero-order chi connectivity index (χ0) is 13.3. The Morgan fingerprint density at radius 3 is 2.84 bits per heavy atom. The molecule has 0 radical (unpaired) electrons. The third-order valence-electron chi connectivity index (χ3n) is 3.86. The zero-order valence-corrected chi connectivity index (χ0v) is 11.5. The van der Waals surface area contributed by atoms with Crippen LogP contribution in [0.5, 0.6) is 0 Å². The Hall–Kier alpha value is -1.85. The third-order valence-corrected chi connectivity index (χ3v) is 3.86. The molecular weight excluding hydrogens is 240 g/mol. The Bertz CT molecular complexity index is 572. The minimum atomic E-state index is 0.412. The molecule has 2 aromatic rings. The average molecular weight is 260 g/mol. The highest BCUT2D eigenvalue weighted by Gasteiger charge is 2.31. The van der Waals surface area contributed by atoms with Gasteiger partial charge in [-0.25, -0.2) is 4.98 Å². The minimum Gasteiger partial charge on any atom is -0.368 e. The summed E-state index contributed by atoms with van der Waals surface area (Å²) >= 11 is 0. The van der Waals surface area contributed by atoms with Gasteiger partial charge in [0, 0.05) is 13.1 Å². The number of anilines is 2. The van der Waals surface area contributed by atoms with Gasteiger partial charge in [-0.3, -0.25) is 0 Å². The number of rotatable bonds is 5. The number of hydrogen-bond acceptors (Lipinski definition) is 5. The lowest BCUT2D eigenvalue weighted by Crippen LogP contribution is -2.33. The molecule has 102 valence electrons. The summed E-state index contributed by atoms with van der Waals surface area (Å²) in [5.74, 6) is 1.47. The Kier molecular flexibility index (Phi) is 3.00. The van der Waals surface area contributed by atoms with Gasteiger partial charge in [0.05, 0.1) is 6.33 Å². The van der Waals surface area contributed by atoms with E-state index in [0.29, 0.717) is 17.0 Å². The van der Waals surface area contributed by atoms with Crippen molar-refractivity contribution in [2.75, 3.05) is 23.7 Å². The summed E-state index contributed by atoms with van der Waals surface area (Å²) in [6.07, 6.45) is 5.57. The topological polar surface area (TPSA) is 78.5 Å². The van der Waals surface area contributed by atoms with E-state index in [0.717, 1.165) is 24.4 Å². The van der Waals surface area contributed by atoms with Gasteiger partial charge in [0.15, 0.2) is 11.5 Å². The number of aromatic nitrogens is 4. The number of nitrogens with one attached hydrogen (secondary N) is 3. The molecule has 6 heteroatoms. The fraction of sp³-hybridized carbons (Fsp3) is 0.615. The largest absolute Gasteiger partial charge is 0.368 e. The normalized spacial score (nSPS) is 17.2. The maximum Gasteiger partial charge on any atom is 0.226 e. The van der Waals surface area contributed by atoms with E-state index in [2.05, 4.69) is 37.5 Å². The van der Waals surface area contributed by atoms with Crippen LogP contribution in [0.25, 0.3) is 11.2 Å². The van der Waals surface area contributed by atoms with Crippen LogP contribution in [0.2, 0.25) is 0 Å². The van der Waals surface area contributed by atoms with E-state index >= 15 is 0 Å². The first-order valence-corrected chi connectivity index (χ1v) is 6.89. The lowest BCUT2D eigenvalue weighted by atomic mass is 9.70. The van der Waals surface area contributed by atoms with Gasteiger partial charge < -0.3 is 15.6 Å². The van der Waals surface area contributed by atoms with Crippen LogP contribution < -0.4 is 10.6 Å². The molecule has 1 aliphatic rings. The highest BCUT2D eigenvalue weighted by Crippen LogP contribution is 2.40. The summed E-state index contributed by atoms with van der Waals surface area (Å²) < 4.78 is 0. The van der Waals surface area contributed by atoms with Crippen LogP contribution in [0.15, 0.2) is 6.33 Å². The van der Waals surface area contributed by atoms with Crippen LogP contribution in [-0.4, -0.2) is 33.0 Å². The first-order chi connectivity index (χ1) is 9.20. The molecule has 19 heavy (non-hydrogen) atoms. The Labute approximate surface area is 112 Å². The Morgan fingerprint density at radius 2 is 2.16 bits per heavy atom. The summed E-state index contributed by atoms with van der Waals surface area (Å²) in [7, 11) is 0. The number of hydrogen-bond donors (Lipinski definition) is 3. The summed E-state index contributed by atoms with van der Waals surface area (Å²) in [6, 6.07) is 0. The van der Waals surface area contributed by atoms with Crippen molar-refractivity contribution < 1.29 is 0 Å². The van der Waals surface area contributed by atoms with Gasteiger partial charge in [-0.15, -0.1) is 0 Å². The molecule has 3 N–H and O–H groups in total. The van der Waals surface area contributed by atoms with Crippen LogP contribution in [0, 0.1) is 5.41 Å². The third kappa shape index (κ3) is 2.34. The second kappa shape index (κ2) is 4.68. The molecule has 6 nitrogen and oxygen atoms in total. The molecule has 2 heterocycles. The van der Waals surface area contributed by atoms with E-state index in [1.165, 1.54) is 19.3 Å². The highest BCUT2D eigenvalue weighted by molar-refractivity contribution is 5.83. The lowest BCUT2D eigenvalue weighted by Gasteiger charge is -2.38. The predicted octanol–water partition coefficient (Wildman–Crippen LogP) is 2.39. The fourth-order valence-electron chi connectivity index (χ4n) is 2.45. The van der Waals surface area contributed by atoms with Gasteiger partial charge in [-0.2, -0.15) is 9.97 Å². The van der Waals surface area contributed by atoms with Crippen LogP contribution >= 0.6 is 0 Å². The van der Waals surface area contributed by atoms with E-state index < -0.39 is 0 Å². The average Bonchev–Trinajstić information content (AvgIpc) is 2.82. The van der Waals surface area contributed by atoms with Crippen molar-refractivity contribution in [3.8, 4) is 0 Å². The van der Waals surface area contributed by atoms with Crippen molar-refractivity contribution in [2.45, 2.75) is 33.1 Å². The fourth-order valence-corrected chi connectivity index (χ4v) is 2.45. The summed E-state index contributed by atoms with van der Waals surface area (Å²) in [4.78, 5) is 16.2. The molecule has 0 atom stereocenters. The van der Waals surface area contributed by atoms with Crippen molar-refractivity contribution in [2.24, 2.45) is 5.41 Å². The van der Waals surface area contributed by atoms with Gasteiger partial charge in [0.1, 0.15) is 5.52 Å². The molecule has 0 aromatic carbocycles. The lowest BCUT2D eigenvalue weighted by molar-refractivity contribution is 0.180. The van der Waals surface area contributed by atoms with Crippen molar-refractivity contribution >= 4 is 22.9 Å². The number of imidazole rings is 1. The monoisotopic (exact) mass is 260 g/mol. The summed E-state index contributed by atoms with van der Waals surface area (Å²) in [5, 5.41) is 6.59. The molecule has 1 saturated carbocycles. The maximum atomic E-state index is 4.52.